The predicted molar refractivity (Wildman–Crippen MR) is 85.5 cm³/mol. The largest absolute Gasteiger partial charge is 0.467 e. The normalized spacial score (nSPS) is 21.0. The lowest BCUT2D eigenvalue weighted by Gasteiger charge is -2.30. The molecular weight excluding hydrogens is 358 g/mol. The molecule has 2 unspecified atom stereocenters. The molecule has 116 valence electrons. The molecule has 1 heterocycles. The molecule has 6 heteroatoms. The minimum Gasteiger partial charge on any atom is -0.467 e. The molecule has 0 aromatic heterocycles. The first-order valence-corrected chi connectivity index (χ1v) is 8.05. The van der Waals surface area contributed by atoms with Gasteiger partial charge in [-0.2, -0.15) is 0 Å². The Kier molecular flexibility index (Phi) is 5.66. The average Bonchev–Trinajstić information content (AvgIpc) is 2.97. The van der Waals surface area contributed by atoms with Crippen LogP contribution in [0.4, 0.5) is 0 Å². The lowest BCUT2D eigenvalue weighted by atomic mass is 9.91. The number of ether oxygens (including phenoxy) is 2. The molecule has 0 aliphatic carbocycles. The average molecular weight is 377 g/mol. The van der Waals surface area contributed by atoms with E-state index in [0.717, 1.165) is 23.9 Å². The topological polar surface area (TPSA) is 47.6 Å². The van der Waals surface area contributed by atoms with E-state index in [1.165, 1.54) is 7.11 Å². The van der Waals surface area contributed by atoms with Crippen LogP contribution in [0.1, 0.15) is 25.3 Å². The van der Waals surface area contributed by atoms with Crippen molar-refractivity contribution in [1.82, 2.24) is 5.32 Å². The summed E-state index contributed by atoms with van der Waals surface area (Å²) >= 11 is 9.67. The van der Waals surface area contributed by atoms with Gasteiger partial charge >= 0.3 is 5.97 Å². The van der Waals surface area contributed by atoms with Gasteiger partial charge in [-0.3, -0.25) is 5.32 Å². The van der Waals surface area contributed by atoms with Crippen molar-refractivity contribution < 1.29 is 14.3 Å². The molecule has 21 heavy (non-hydrogen) atoms. The van der Waals surface area contributed by atoms with Crippen LogP contribution in [0.5, 0.6) is 0 Å². The third-order valence-corrected chi connectivity index (χ3v) is 4.58. The molecule has 0 bridgehead atoms. The maximum absolute atomic E-state index is 12.3. The summed E-state index contributed by atoms with van der Waals surface area (Å²) in [6.07, 6.45) is 2.18. The summed E-state index contributed by atoms with van der Waals surface area (Å²) in [6.45, 7) is 3.14. The van der Waals surface area contributed by atoms with Crippen molar-refractivity contribution in [3.8, 4) is 0 Å². The Morgan fingerprint density at radius 3 is 2.95 bits per heavy atom. The Morgan fingerprint density at radius 2 is 2.38 bits per heavy atom. The molecule has 0 spiro atoms. The van der Waals surface area contributed by atoms with Gasteiger partial charge in [0.2, 0.25) is 0 Å². The number of nitrogens with one attached hydrogen (secondary N) is 1. The van der Waals surface area contributed by atoms with E-state index in [0.29, 0.717) is 17.1 Å². The highest BCUT2D eigenvalue weighted by Gasteiger charge is 2.38. The zero-order valence-electron chi connectivity index (χ0n) is 12.1. The molecule has 2 rings (SSSR count). The van der Waals surface area contributed by atoms with Crippen LogP contribution in [0.15, 0.2) is 22.7 Å². The van der Waals surface area contributed by atoms with Crippen molar-refractivity contribution in [2.45, 2.75) is 31.4 Å². The molecular formula is C15H19BrClNO3. The van der Waals surface area contributed by atoms with Gasteiger partial charge in [-0.1, -0.05) is 33.6 Å². The highest BCUT2D eigenvalue weighted by Crippen LogP contribution is 2.31. The van der Waals surface area contributed by atoms with Crippen molar-refractivity contribution in [3.63, 3.8) is 0 Å². The quantitative estimate of drug-likeness (QED) is 0.801. The maximum atomic E-state index is 12.3. The van der Waals surface area contributed by atoms with Gasteiger partial charge in [0.1, 0.15) is 5.54 Å². The van der Waals surface area contributed by atoms with Crippen LogP contribution in [-0.4, -0.2) is 32.3 Å². The van der Waals surface area contributed by atoms with Crippen LogP contribution in [0.25, 0.3) is 0 Å². The van der Waals surface area contributed by atoms with Crippen molar-refractivity contribution in [3.05, 3.63) is 33.3 Å². The maximum Gasteiger partial charge on any atom is 0.330 e. The molecule has 1 saturated heterocycles. The van der Waals surface area contributed by atoms with Crippen LogP contribution < -0.4 is 5.32 Å². The van der Waals surface area contributed by atoms with E-state index in [1.807, 2.05) is 12.1 Å². The number of esters is 1. The Labute approximate surface area is 138 Å². The molecule has 1 aromatic rings. The fourth-order valence-electron chi connectivity index (χ4n) is 2.50. The summed E-state index contributed by atoms with van der Waals surface area (Å²) in [5.41, 5.74) is -0.310. The zero-order valence-corrected chi connectivity index (χ0v) is 14.5. The summed E-state index contributed by atoms with van der Waals surface area (Å²) in [5, 5.41) is 3.78. The van der Waals surface area contributed by atoms with E-state index in [1.54, 1.807) is 13.0 Å². The highest BCUT2D eigenvalue weighted by molar-refractivity contribution is 9.10. The number of rotatable bonds is 5. The first-order chi connectivity index (χ1) is 9.97. The number of halogens is 2. The Balaban J connectivity index is 2.24. The fourth-order valence-corrected chi connectivity index (χ4v) is 3.36. The van der Waals surface area contributed by atoms with Gasteiger partial charge in [-0.05, 0) is 31.9 Å². The van der Waals surface area contributed by atoms with Crippen LogP contribution in [-0.2, 0) is 19.8 Å². The van der Waals surface area contributed by atoms with Gasteiger partial charge < -0.3 is 9.47 Å². The van der Waals surface area contributed by atoms with Crippen molar-refractivity contribution in [2.24, 2.45) is 0 Å². The smallest absolute Gasteiger partial charge is 0.330 e. The van der Waals surface area contributed by atoms with Gasteiger partial charge in [0.05, 0.1) is 13.2 Å². The summed E-state index contributed by atoms with van der Waals surface area (Å²) in [7, 11) is 1.38. The second kappa shape index (κ2) is 7.09. The van der Waals surface area contributed by atoms with Crippen molar-refractivity contribution >= 4 is 33.5 Å². The number of carbonyl (C=O) groups is 1. The molecule has 1 aliphatic heterocycles. The first kappa shape index (κ1) is 16.7. The van der Waals surface area contributed by atoms with Gasteiger partial charge in [-0.15, -0.1) is 0 Å². The number of carbonyl (C=O) groups excluding carboxylic acids is 1. The molecule has 1 N–H and O–H groups in total. The molecule has 0 saturated carbocycles. The fraction of sp³-hybridized carbons (Fsp3) is 0.533. The minimum atomic E-state index is -1.00. The predicted octanol–water partition coefficient (Wildman–Crippen LogP) is 3.26. The Bertz CT molecular complexity index is 520. The van der Waals surface area contributed by atoms with E-state index in [2.05, 4.69) is 21.2 Å². The lowest BCUT2D eigenvalue weighted by molar-refractivity contribution is -0.148. The number of hydrogen-bond donors (Lipinski definition) is 1. The monoisotopic (exact) mass is 375 g/mol. The van der Waals surface area contributed by atoms with Gasteiger partial charge in [0, 0.05) is 28.2 Å². The van der Waals surface area contributed by atoms with Gasteiger partial charge in [0.25, 0.3) is 0 Å². The van der Waals surface area contributed by atoms with Crippen LogP contribution in [0, 0.1) is 0 Å². The van der Waals surface area contributed by atoms with Crippen molar-refractivity contribution in [2.75, 3.05) is 20.3 Å². The summed E-state index contributed by atoms with van der Waals surface area (Å²) in [6, 6.07) is 5.45. The number of benzene rings is 1. The van der Waals surface area contributed by atoms with E-state index in [4.69, 9.17) is 21.1 Å². The second-order valence-electron chi connectivity index (χ2n) is 5.26. The van der Waals surface area contributed by atoms with E-state index in [-0.39, 0.29) is 12.1 Å². The molecule has 1 aromatic carbocycles. The van der Waals surface area contributed by atoms with Crippen molar-refractivity contribution in [1.29, 1.82) is 0 Å². The first-order valence-electron chi connectivity index (χ1n) is 6.88. The third-order valence-electron chi connectivity index (χ3n) is 3.77. The number of hydrogen-bond acceptors (Lipinski definition) is 4. The highest BCUT2D eigenvalue weighted by atomic mass is 79.9. The molecule has 4 nitrogen and oxygen atoms in total. The standard InChI is InChI=1S/C15H19BrClNO3/c1-15(14(19)20-2,18-9-11-4-3-7-21-11)12-6-5-10(16)8-13(12)17/h5-6,8,11,18H,3-4,7,9H2,1-2H3. The van der Waals surface area contributed by atoms with Crippen LogP contribution >= 0.6 is 27.5 Å². The molecule has 0 radical (unpaired) electrons. The third kappa shape index (κ3) is 3.77. The summed E-state index contributed by atoms with van der Waals surface area (Å²) in [4.78, 5) is 12.3. The minimum absolute atomic E-state index is 0.128. The number of methoxy groups -OCH3 is 1. The van der Waals surface area contributed by atoms with Crippen LogP contribution in [0.3, 0.4) is 0 Å². The Hall–Kier alpha value is -0.620. The van der Waals surface area contributed by atoms with Gasteiger partial charge in [0.15, 0.2) is 0 Å². The molecule has 1 fully saturated rings. The van der Waals surface area contributed by atoms with Crippen LogP contribution in [0.2, 0.25) is 5.02 Å². The zero-order chi connectivity index (χ0) is 15.5. The van der Waals surface area contributed by atoms with Gasteiger partial charge in [-0.25, -0.2) is 4.79 Å². The van der Waals surface area contributed by atoms with E-state index < -0.39 is 5.54 Å². The molecule has 1 aliphatic rings. The SMILES string of the molecule is COC(=O)C(C)(NCC1CCCO1)c1ccc(Br)cc1Cl. The molecule has 0 amide bonds. The lowest BCUT2D eigenvalue weighted by Crippen LogP contribution is -2.50. The van der Waals surface area contributed by atoms with E-state index in [9.17, 15) is 4.79 Å². The molecule has 2 atom stereocenters. The summed E-state index contributed by atoms with van der Waals surface area (Å²) in [5.74, 6) is -0.371. The summed E-state index contributed by atoms with van der Waals surface area (Å²) < 4.78 is 11.4. The second-order valence-corrected chi connectivity index (χ2v) is 6.58. The Morgan fingerprint density at radius 1 is 1.62 bits per heavy atom. The van der Waals surface area contributed by atoms with E-state index >= 15 is 0 Å².